The number of Topliss-reactive ketones (excluding diaryl/α,β-unsaturated/α-hetero) is 1. The predicted molar refractivity (Wildman–Crippen MR) is 71.9 cm³/mol. The Morgan fingerprint density at radius 1 is 1.32 bits per heavy atom. The van der Waals surface area contributed by atoms with Gasteiger partial charge in [0, 0.05) is 23.7 Å². The van der Waals surface area contributed by atoms with Gasteiger partial charge < -0.3 is 16.4 Å². The highest BCUT2D eigenvalue weighted by Crippen LogP contribution is 2.11. The van der Waals surface area contributed by atoms with Gasteiger partial charge in [-0.1, -0.05) is 12.1 Å². The molecule has 0 heterocycles. The minimum atomic E-state index is -0.480. The van der Waals surface area contributed by atoms with E-state index < -0.39 is 11.9 Å². The second-order valence-corrected chi connectivity index (χ2v) is 4.31. The molecule has 4 N–H and O–H groups in total. The maximum absolute atomic E-state index is 11.6. The molecule has 0 saturated heterocycles. The van der Waals surface area contributed by atoms with E-state index in [1.54, 1.807) is 31.2 Å². The number of hydrogen-bond acceptors (Lipinski definition) is 3. The largest absolute Gasteiger partial charge is 0.370 e. The summed E-state index contributed by atoms with van der Waals surface area (Å²) in [6.07, 6.45) is 0.0703. The summed E-state index contributed by atoms with van der Waals surface area (Å²) in [6.45, 7) is 3.13. The van der Waals surface area contributed by atoms with E-state index in [1.807, 2.05) is 0 Å². The Hall–Kier alpha value is -2.37. The Kier molecular flexibility index (Phi) is 5.05. The number of carbonyl (C=O) groups excluding carboxylic acids is 3. The van der Waals surface area contributed by atoms with Gasteiger partial charge in [-0.3, -0.25) is 9.59 Å². The number of ketones is 1. The molecule has 102 valence electrons. The topological polar surface area (TPSA) is 101 Å². The maximum atomic E-state index is 11.6. The summed E-state index contributed by atoms with van der Waals surface area (Å²) in [6, 6.07) is 5.80. The molecule has 1 unspecified atom stereocenters. The number of urea groups is 1. The van der Waals surface area contributed by atoms with E-state index in [2.05, 4.69) is 10.6 Å². The highest BCUT2D eigenvalue weighted by molar-refractivity contribution is 5.96. The number of benzene rings is 1. The first-order chi connectivity index (χ1) is 8.88. The molecule has 0 radical (unpaired) electrons. The number of primary amides is 1. The minimum absolute atomic E-state index is 0.0703. The zero-order chi connectivity index (χ0) is 14.4. The van der Waals surface area contributed by atoms with Crippen LogP contribution in [0.3, 0.4) is 0 Å². The molecule has 0 aliphatic rings. The Balaban J connectivity index is 2.59. The number of anilines is 1. The van der Waals surface area contributed by atoms with Crippen molar-refractivity contribution < 1.29 is 14.4 Å². The third kappa shape index (κ3) is 5.20. The van der Waals surface area contributed by atoms with Gasteiger partial charge in [-0.15, -0.1) is 0 Å². The summed E-state index contributed by atoms with van der Waals surface area (Å²) >= 11 is 0. The van der Waals surface area contributed by atoms with Gasteiger partial charge in [0.15, 0.2) is 5.78 Å². The Morgan fingerprint density at radius 2 is 2.00 bits per heavy atom. The molecule has 3 amide bonds. The van der Waals surface area contributed by atoms with Crippen LogP contribution in [0.15, 0.2) is 24.3 Å². The molecule has 19 heavy (non-hydrogen) atoms. The molecule has 0 fully saturated rings. The van der Waals surface area contributed by atoms with Crippen molar-refractivity contribution in [1.82, 2.24) is 5.32 Å². The lowest BCUT2D eigenvalue weighted by Gasteiger charge is -2.13. The first-order valence-electron chi connectivity index (χ1n) is 5.85. The van der Waals surface area contributed by atoms with Crippen LogP contribution in [0.5, 0.6) is 0 Å². The van der Waals surface area contributed by atoms with E-state index in [0.29, 0.717) is 11.3 Å². The van der Waals surface area contributed by atoms with E-state index >= 15 is 0 Å². The van der Waals surface area contributed by atoms with Crippen molar-refractivity contribution in [1.29, 1.82) is 0 Å². The molecule has 0 spiro atoms. The lowest BCUT2D eigenvalue weighted by atomic mass is 10.1. The number of carbonyl (C=O) groups is 3. The minimum Gasteiger partial charge on any atom is -0.370 e. The average Bonchev–Trinajstić information content (AvgIpc) is 2.27. The van der Waals surface area contributed by atoms with Crippen molar-refractivity contribution in [3.8, 4) is 0 Å². The number of nitrogens with two attached hydrogens (primary N) is 1. The summed E-state index contributed by atoms with van der Waals surface area (Å²) < 4.78 is 0. The third-order valence-corrected chi connectivity index (χ3v) is 2.41. The first-order valence-corrected chi connectivity index (χ1v) is 5.85. The zero-order valence-corrected chi connectivity index (χ0v) is 10.9. The summed E-state index contributed by atoms with van der Waals surface area (Å²) in [5, 5.41) is 5.16. The highest BCUT2D eigenvalue weighted by Gasteiger charge is 2.10. The van der Waals surface area contributed by atoms with Gasteiger partial charge in [0.2, 0.25) is 5.91 Å². The second kappa shape index (κ2) is 6.53. The van der Waals surface area contributed by atoms with Gasteiger partial charge in [-0.05, 0) is 26.0 Å². The summed E-state index contributed by atoms with van der Waals surface area (Å²) in [4.78, 5) is 33.5. The van der Waals surface area contributed by atoms with Crippen LogP contribution in [0.1, 0.15) is 30.6 Å². The molecule has 1 aromatic carbocycles. The maximum Gasteiger partial charge on any atom is 0.319 e. The van der Waals surface area contributed by atoms with Gasteiger partial charge in [0.25, 0.3) is 0 Å². The monoisotopic (exact) mass is 263 g/mol. The Labute approximate surface area is 111 Å². The van der Waals surface area contributed by atoms with Gasteiger partial charge >= 0.3 is 6.03 Å². The fourth-order valence-electron chi connectivity index (χ4n) is 1.56. The first kappa shape index (κ1) is 14.7. The quantitative estimate of drug-likeness (QED) is 0.697. The molecule has 0 aromatic heterocycles. The summed E-state index contributed by atoms with van der Waals surface area (Å²) in [7, 11) is 0. The van der Waals surface area contributed by atoms with Crippen molar-refractivity contribution in [2.45, 2.75) is 26.3 Å². The number of hydrogen-bond donors (Lipinski definition) is 3. The van der Waals surface area contributed by atoms with Crippen LogP contribution >= 0.6 is 0 Å². The van der Waals surface area contributed by atoms with Crippen LogP contribution in [0, 0.1) is 0 Å². The molecule has 1 atom stereocenters. The van der Waals surface area contributed by atoms with Crippen LogP contribution in [0.4, 0.5) is 10.5 Å². The van der Waals surface area contributed by atoms with Crippen LogP contribution in [0.25, 0.3) is 0 Å². The number of nitrogens with one attached hydrogen (secondary N) is 2. The molecule has 0 aliphatic heterocycles. The van der Waals surface area contributed by atoms with E-state index in [0.717, 1.165) is 0 Å². The fourth-order valence-corrected chi connectivity index (χ4v) is 1.56. The van der Waals surface area contributed by atoms with E-state index in [9.17, 15) is 14.4 Å². The number of amides is 3. The molecule has 1 aromatic rings. The lowest BCUT2D eigenvalue weighted by molar-refractivity contribution is -0.118. The molecule has 0 bridgehead atoms. The second-order valence-electron chi connectivity index (χ2n) is 4.31. The molecule has 1 rings (SSSR count). The van der Waals surface area contributed by atoms with Crippen LogP contribution < -0.4 is 16.4 Å². The average molecular weight is 263 g/mol. The zero-order valence-electron chi connectivity index (χ0n) is 10.9. The molecule has 6 nitrogen and oxygen atoms in total. The van der Waals surface area contributed by atoms with Gasteiger partial charge in [0.05, 0.1) is 0 Å². The van der Waals surface area contributed by atoms with Crippen molar-refractivity contribution in [3.63, 3.8) is 0 Å². The molecule has 0 aliphatic carbocycles. The van der Waals surface area contributed by atoms with Crippen LogP contribution in [0.2, 0.25) is 0 Å². The third-order valence-electron chi connectivity index (χ3n) is 2.41. The van der Waals surface area contributed by atoms with E-state index in [1.165, 1.54) is 6.92 Å². The Bertz CT molecular complexity index is 500. The van der Waals surface area contributed by atoms with Crippen molar-refractivity contribution >= 4 is 23.4 Å². The molecular formula is C13H17N3O3. The predicted octanol–water partition coefficient (Wildman–Crippen LogP) is 1.27. The van der Waals surface area contributed by atoms with Gasteiger partial charge in [-0.2, -0.15) is 0 Å². The normalized spacial score (nSPS) is 11.5. The van der Waals surface area contributed by atoms with Gasteiger partial charge in [-0.25, -0.2) is 4.79 Å². The van der Waals surface area contributed by atoms with Crippen LogP contribution in [-0.2, 0) is 4.79 Å². The van der Waals surface area contributed by atoms with E-state index in [-0.39, 0.29) is 18.2 Å². The molecule has 6 heteroatoms. The molecule has 0 saturated carbocycles. The van der Waals surface area contributed by atoms with Gasteiger partial charge in [0.1, 0.15) is 0 Å². The summed E-state index contributed by atoms with van der Waals surface area (Å²) in [5.41, 5.74) is 6.05. The van der Waals surface area contributed by atoms with Crippen molar-refractivity contribution in [2.24, 2.45) is 5.73 Å². The van der Waals surface area contributed by atoms with Crippen molar-refractivity contribution in [2.75, 3.05) is 5.32 Å². The van der Waals surface area contributed by atoms with Crippen molar-refractivity contribution in [3.05, 3.63) is 29.8 Å². The SMILES string of the molecule is CC(=O)c1cccc(NC(=O)NC(C)CC(N)=O)c1. The Morgan fingerprint density at radius 3 is 2.58 bits per heavy atom. The smallest absolute Gasteiger partial charge is 0.319 e. The number of rotatable bonds is 5. The molecular weight excluding hydrogens is 246 g/mol. The highest BCUT2D eigenvalue weighted by atomic mass is 16.2. The van der Waals surface area contributed by atoms with E-state index in [4.69, 9.17) is 5.73 Å². The summed E-state index contributed by atoms with van der Waals surface area (Å²) in [5.74, 6) is -0.558. The standard InChI is InChI=1S/C13H17N3O3/c1-8(6-12(14)18)15-13(19)16-11-5-3-4-10(7-11)9(2)17/h3-5,7-8H,6H2,1-2H3,(H2,14,18)(H2,15,16,19). The van der Waals surface area contributed by atoms with Crippen LogP contribution in [-0.4, -0.2) is 23.8 Å². The lowest BCUT2D eigenvalue weighted by Crippen LogP contribution is -2.38. The fraction of sp³-hybridized carbons (Fsp3) is 0.308.